The first kappa shape index (κ1) is 11.4. The lowest BCUT2D eigenvalue weighted by atomic mass is 9.94. The standard InChI is InChI=1S/C12H15ClN2O/c1-3-12(14,4-2)11-15-9-6-5-8(13)7-10(9)16-11/h5-7H,3-4,14H2,1-2H3. The van der Waals surface area contributed by atoms with E-state index in [-0.39, 0.29) is 0 Å². The second-order valence-corrected chi connectivity index (χ2v) is 4.43. The Hall–Kier alpha value is -1.06. The van der Waals surface area contributed by atoms with Gasteiger partial charge in [0, 0.05) is 11.1 Å². The fraction of sp³-hybridized carbons (Fsp3) is 0.417. The van der Waals surface area contributed by atoms with Gasteiger partial charge < -0.3 is 10.2 Å². The molecule has 0 bridgehead atoms. The largest absolute Gasteiger partial charge is 0.439 e. The van der Waals surface area contributed by atoms with Crippen LogP contribution in [0.1, 0.15) is 32.6 Å². The van der Waals surface area contributed by atoms with Crippen molar-refractivity contribution in [1.82, 2.24) is 4.98 Å². The fourth-order valence-corrected chi connectivity index (χ4v) is 1.83. The minimum absolute atomic E-state index is 0.481. The minimum Gasteiger partial charge on any atom is -0.439 e. The monoisotopic (exact) mass is 238 g/mol. The Balaban J connectivity index is 2.54. The quantitative estimate of drug-likeness (QED) is 0.891. The smallest absolute Gasteiger partial charge is 0.215 e. The summed E-state index contributed by atoms with van der Waals surface area (Å²) in [4.78, 5) is 4.42. The van der Waals surface area contributed by atoms with Gasteiger partial charge in [0.2, 0.25) is 5.89 Å². The molecule has 0 aliphatic rings. The zero-order chi connectivity index (χ0) is 11.8. The van der Waals surface area contributed by atoms with E-state index in [4.69, 9.17) is 21.8 Å². The van der Waals surface area contributed by atoms with E-state index >= 15 is 0 Å². The molecule has 1 heterocycles. The molecule has 0 saturated carbocycles. The maximum absolute atomic E-state index is 6.23. The average molecular weight is 239 g/mol. The Morgan fingerprint density at radius 3 is 2.69 bits per heavy atom. The summed E-state index contributed by atoms with van der Waals surface area (Å²) in [5.74, 6) is 0.592. The third-order valence-corrected chi connectivity index (χ3v) is 3.27. The summed E-state index contributed by atoms with van der Waals surface area (Å²) in [7, 11) is 0. The summed E-state index contributed by atoms with van der Waals surface area (Å²) in [6, 6.07) is 5.40. The molecule has 0 amide bonds. The first-order valence-corrected chi connectivity index (χ1v) is 5.82. The van der Waals surface area contributed by atoms with Crippen LogP contribution in [0.25, 0.3) is 11.1 Å². The van der Waals surface area contributed by atoms with Crippen LogP contribution in [-0.4, -0.2) is 4.98 Å². The molecule has 86 valence electrons. The number of aromatic nitrogens is 1. The van der Waals surface area contributed by atoms with Gasteiger partial charge in [0.15, 0.2) is 5.58 Å². The van der Waals surface area contributed by atoms with Crippen molar-refractivity contribution >= 4 is 22.7 Å². The van der Waals surface area contributed by atoms with Gasteiger partial charge in [-0.3, -0.25) is 0 Å². The van der Waals surface area contributed by atoms with Gasteiger partial charge in [-0.25, -0.2) is 4.98 Å². The van der Waals surface area contributed by atoms with Gasteiger partial charge >= 0.3 is 0 Å². The van der Waals surface area contributed by atoms with E-state index in [1.54, 1.807) is 12.1 Å². The van der Waals surface area contributed by atoms with Crippen molar-refractivity contribution in [3.8, 4) is 0 Å². The van der Waals surface area contributed by atoms with Crippen molar-refractivity contribution < 1.29 is 4.42 Å². The van der Waals surface area contributed by atoms with Crippen molar-refractivity contribution in [2.45, 2.75) is 32.2 Å². The van der Waals surface area contributed by atoms with Crippen molar-refractivity contribution in [3.63, 3.8) is 0 Å². The van der Waals surface area contributed by atoms with Crippen LogP contribution in [0.4, 0.5) is 0 Å². The van der Waals surface area contributed by atoms with E-state index < -0.39 is 5.54 Å². The van der Waals surface area contributed by atoms with Crippen LogP contribution < -0.4 is 5.73 Å². The molecular formula is C12H15ClN2O. The number of fused-ring (bicyclic) bond motifs is 1. The highest BCUT2D eigenvalue weighted by molar-refractivity contribution is 6.31. The molecule has 2 rings (SSSR count). The molecule has 2 aromatic rings. The zero-order valence-electron chi connectivity index (χ0n) is 9.46. The molecule has 3 nitrogen and oxygen atoms in total. The normalized spacial score (nSPS) is 12.2. The summed E-state index contributed by atoms with van der Waals surface area (Å²) < 4.78 is 5.68. The lowest BCUT2D eigenvalue weighted by molar-refractivity contribution is 0.318. The predicted octanol–water partition coefficient (Wildman–Crippen LogP) is 3.46. The van der Waals surface area contributed by atoms with Crippen LogP contribution in [-0.2, 0) is 5.54 Å². The topological polar surface area (TPSA) is 52.0 Å². The minimum atomic E-state index is -0.481. The molecule has 16 heavy (non-hydrogen) atoms. The SMILES string of the molecule is CCC(N)(CC)c1nc2ccc(Cl)cc2o1. The van der Waals surface area contributed by atoms with Crippen LogP contribution in [0.5, 0.6) is 0 Å². The van der Waals surface area contributed by atoms with E-state index in [0.29, 0.717) is 16.5 Å². The van der Waals surface area contributed by atoms with Crippen LogP contribution in [0, 0.1) is 0 Å². The number of hydrogen-bond donors (Lipinski definition) is 1. The summed E-state index contributed by atoms with van der Waals surface area (Å²) in [6.45, 7) is 4.07. The van der Waals surface area contributed by atoms with Gasteiger partial charge in [-0.05, 0) is 25.0 Å². The van der Waals surface area contributed by atoms with Gasteiger partial charge in [0.25, 0.3) is 0 Å². The molecule has 2 N–H and O–H groups in total. The molecular weight excluding hydrogens is 224 g/mol. The number of rotatable bonds is 3. The van der Waals surface area contributed by atoms with E-state index in [9.17, 15) is 0 Å². The summed E-state index contributed by atoms with van der Waals surface area (Å²) >= 11 is 5.89. The van der Waals surface area contributed by atoms with Crippen LogP contribution in [0.3, 0.4) is 0 Å². The van der Waals surface area contributed by atoms with Gasteiger partial charge in [0.05, 0.1) is 5.54 Å². The van der Waals surface area contributed by atoms with Crippen LogP contribution in [0.15, 0.2) is 22.6 Å². The van der Waals surface area contributed by atoms with E-state index in [1.807, 2.05) is 19.9 Å². The Bertz CT molecular complexity index is 503. The predicted molar refractivity (Wildman–Crippen MR) is 65.5 cm³/mol. The number of nitrogens with zero attached hydrogens (tertiary/aromatic N) is 1. The van der Waals surface area contributed by atoms with Gasteiger partial charge in [0.1, 0.15) is 5.52 Å². The molecule has 1 aromatic carbocycles. The molecule has 0 saturated heterocycles. The van der Waals surface area contributed by atoms with Gasteiger partial charge in [-0.1, -0.05) is 25.4 Å². The molecule has 0 radical (unpaired) electrons. The second kappa shape index (κ2) is 4.07. The van der Waals surface area contributed by atoms with E-state index in [1.165, 1.54) is 0 Å². The van der Waals surface area contributed by atoms with Gasteiger partial charge in [-0.15, -0.1) is 0 Å². The highest BCUT2D eigenvalue weighted by Crippen LogP contribution is 2.29. The number of hydrogen-bond acceptors (Lipinski definition) is 3. The summed E-state index contributed by atoms with van der Waals surface area (Å²) in [5, 5.41) is 0.644. The second-order valence-electron chi connectivity index (χ2n) is 3.99. The number of oxazole rings is 1. The van der Waals surface area contributed by atoms with E-state index in [0.717, 1.165) is 18.4 Å². The van der Waals surface area contributed by atoms with Crippen LogP contribution >= 0.6 is 11.6 Å². The Labute approximate surface area is 99.6 Å². The zero-order valence-corrected chi connectivity index (χ0v) is 10.2. The Morgan fingerprint density at radius 2 is 2.06 bits per heavy atom. The maximum Gasteiger partial charge on any atom is 0.215 e. The van der Waals surface area contributed by atoms with Crippen molar-refractivity contribution in [2.75, 3.05) is 0 Å². The molecule has 0 spiro atoms. The molecule has 0 aliphatic heterocycles. The average Bonchev–Trinajstić information content (AvgIpc) is 2.71. The molecule has 1 aromatic heterocycles. The highest BCUT2D eigenvalue weighted by atomic mass is 35.5. The molecule has 0 aliphatic carbocycles. The highest BCUT2D eigenvalue weighted by Gasteiger charge is 2.28. The molecule has 0 atom stereocenters. The van der Waals surface area contributed by atoms with E-state index in [2.05, 4.69) is 4.98 Å². The summed E-state index contributed by atoms with van der Waals surface area (Å²) in [6.07, 6.45) is 1.59. The number of halogens is 1. The third-order valence-electron chi connectivity index (χ3n) is 3.04. The Kier molecular flexibility index (Phi) is 2.91. The molecule has 0 fully saturated rings. The third kappa shape index (κ3) is 1.81. The number of benzene rings is 1. The first-order chi connectivity index (χ1) is 7.59. The van der Waals surface area contributed by atoms with Gasteiger partial charge in [-0.2, -0.15) is 0 Å². The molecule has 0 unspecified atom stereocenters. The van der Waals surface area contributed by atoms with Crippen molar-refractivity contribution in [2.24, 2.45) is 5.73 Å². The lowest BCUT2D eigenvalue weighted by Gasteiger charge is -2.21. The van der Waals surface area contributed by atoms with Crippen LogP contribution in [0.2, 0.25) is 5.02 Å². The first-order valence-electron chi connectivity index (χ1n) is 5.44. The lowest BCUT2D eigenvalue weighted by Crippen LogP contribution is -2.35. The Morgan fingerprint density at radius 1 is 1.38 bits per heavy atom. The van der Waals surface area contributed by atoms with Crippen molar-refractivity contribution in [1.29, 1.82) is 0 Å². The maximum atomic E-state index is 6.23. The number of nitrogens with two attached hydrogens (primary N) is 1. The summed E-state index contributed by atoms with van der Waals surface area (Å²) in [5.41, 5.74) is 7.25. The van der Waals surface area contributed by atoms with Crippen molar-refractivity contribution in [3.05, 3.63) is 29.1 Å². The molecule has 4 heteroatoms. The fourth-order valence-electron chi connectivity index (χ4n) is 1.66.